The molecule has 4 rings (SSSR count). The molecule has 0 unspecified atom stereocenters. The van der Waals surface area contributed by atoms with Crippen molar-refractivity contribution in [2.24, 2.45) is 0 Å². The minimum absolute atomic E-state index is 0.0241. The number of hydrogen-bond acceptors (Lipinski definition) is 5. The van der Waals surface area contributed by atoms with Crippen molar-refractivity contribution < 1.29 is 19.1 Å². The van der Waals surface area contributed by atoms with E-state index in [0.29, 0.717) is 31.6 Å². The molecular formula is C26H32N4O4. The largest absolute Gasteiger partial charge is 0.497 e. The van der Waals surface area contributed by atoms with Crippen LogP contribution in [0.4, 0.5) is 5.69 Å². The number of hydrogen-bond donors (Lipinski definition) is 1. The molecule has 2 fully saturated rings. The van der Waals surface area contributed by atoms with Gasteiger partial charge in [0.1, 0.15) is 5.75 Å². The normalized spacial score (nSPS) is 16.9. The van der Waals surface area contributed by atoms with Crippen LogP contribution in [0.15, 0.2) is 48.5 Å². The number of ether oxygens (including phenoxy) is 1. The van der Waals surface area contributed by atoms with Crippen molar-refractivity contribution in [1.82, 2.24) is 15.1 Å². The monoisotopic (exact) mass is 464 g/mol. The second kappa shape index (κ2) is 11.2. The van der Waals surface area contributed by atoms with Crippen molar-refractivity contribution in [1.29, 1.82) is 0 Å². The Bertz CT molecular complexity index is 1010. The van der Waals surface area contributed by atoms with Crippen LogP contribution in [0, 0.1) is 0 Å². The molecule has 2 saturated heterocycles. The third-order valence-electron chi connectivity index (χ3n) is 6.42. The minimum Gasteiger partial charge on any atom is -0.497 e. The van der Waals surface area contributed by atoms with Gasteiger partial charge in [-0.1, -0.05) is 12.1 Å². The van der Waals surface area contributed by atoms with Gasteiger partial charge in [0, 0.05) is 56.9 Å². The number of carbonyl (C=O) groups excluding carboxylic acids is 3. The third-order valence-corrected chi connectivity index (χ3v) is 6.42. The molecule has 2 aromatic rings. The van der Waals surface area contributed by atoms with Gasteiger partial charge in [-0.25, -0.2) is 0 Å². The molecule has 2 heterocycles. The van der Waals surface area contributed by atoms with Crippen molar-refractivity contribution in [3.8, 4) is 5.75 Å². The van der Waals surface area contributed by atoms with Crippen molar-refractivity contribution >= 4 is 23.4 Å². The van der Waals surface area contributed by atoms with Gasteiger partial charge < -0.3 is 19.9 Å². The van der Waals surface area contributed by atoms with Crippen molar-refractivity contribution in [3.05, 3.63) is 59.7 Å². The zero-order valence-electron chi connectivity index (χ0n) is 19.7. The van der Waals surface area contributed by atoms with Gasteiger partial charge in [-0.3, -0.25) is 19.3 Å². The van der Waals surface area contributed by atoms with Crippen LogP contribution in [0.25, 0.3) is 0 Å². The summed E-state index contributed by atoms with van der Waals surface area (Å²) in [7, 11) is 1.66. The molecule has 0 spiro atoms. The van der Waals surface area contributed by atoms with Crippen LogP contribution in [0.3, 0.4) is 0 Å². The number of nitrogens with one attached hydrogen (secondary N) is 1. The van der Waals surface area contributed by atoms with E-state index in [9.17, 15) is 14.4 Å². The van der Waals surface area contributed by atoms with E-state index in [1.807, 2.05) is 17.0 Å². The van der Waals surface area contributed by atoms with Gasteiger partial charge in [0.15, 0.2) is 0 Å². The lowest BCUT2D eigenvalue weighted by molar-refractivity contribution is -0.130. The third kappa shape index (κ3) is 5.94. The first-order valence-electron chi connectivity index (χ1n) is 11.8. The molecule has 0 aromatic heterocycles. The van der Waals surface area contributed by atoms with Gasteiger partial charge in [0.2, 0.25) is 11.8 Å². The van der Waals surface area contributed by atoms with Gasteiger partial charge in [0.25, 0.3) is 5.91 Å². The summed E-state index contributed by atoms with van der Waals surface area (Å²) in [6.07, 6.45) is 2.32. The van der Waals surface area contributed by atoms with E-state index in [4.69, 9.17) is 4.74 Å². The molecule has 0 radical (unpaired) electrons. The van der Waals surface area contributed by atoms with E-state index in [2.05, 4.69) is 22.3 Å². The predicted molar refractivity (Wildman–Crippen MR) is 130 cm³/mol. The fourth-order valence-electron chi connectivity index (χ4n) is 4.45. The average Bonchev–Trinajstić information content (AvgIpc) is 3.16. The second-order valence-corrected chi connectivity index (χ2v) is 8.74. The maximum Gasteiger partial charge on any atom is 0.251 e. The Morgan fingerprint density at radius 1 is 0.912 bits per heavy atom. The van der Waals surface area contributed by atoms with Gasteiger partial charge in [-0.15, -0.1) is 0 Å². The summed E-state index contributed by atoms with van der Waals surface area (Å²) >= 11 is 0. The molecular weight excluding hydrogens is 432 g/mol. The van der Waals surface area contributed by atoms with Gasteiger partial charge in [-0.05, 0) is 54.8 Å². The first kappa shape index (κ1) is 23.8. The van der Waals surface area contributed by atoms with E-state index >= 15 is 0 Å². The molecule has 8 nitrogen and oxygen atoms in total. The second-order valence-electron chi connectivity index (χ2n) is 8.74. The zero-order chi connectivity index (χ0) is 23.9. The molecule has 1 N–H and O–H groups in total. The Morgan fingerprint density at radius 2 is 1.68 bits per heavy atom. The number of anilines is 1. The maximum absolute atomic E-state index is 12.7. The first-order valence-corrected chi connectivity index (χ1v) is 11.8. The Morgan fingerprint density at radius 3 is 2.35 bits per heavy atom. The molecule has 34 heavy (non-hydrogen) atoms. The van der Waals surface area contributed by atoms with Crippen LogP contribution in [0.2, 0.25) is 0 Å². The Hall–Kier alpha value is -3.39. The molecule has 8 heteroatoms. The van der Waals surface area contributed by atoms with Crippen molar-refractivity contribution in [2.45, 2.75) is 25.8 Å². The van der Waals surface area contributed by atoms with Crippen LogP contribution in [0.1, 0.15) is 35.2 Å². The van der Waals surface area contributed by atoms with Crippen molar-refractivity contribution in [3.63, 3.8) is 0 Å². The van der Waals surface area contributed by atoms with Crippen LogP contribution in [-0.4, -0.2) is 73.9 Å². The fraction of sp³-hybridized carbons (Fsp3) is 0.423. The van der Waals surface area contributed by atoms with Crippen LogP contribution >= 0.6 is 0 Å². The molecule has 0 bridgehead atoms. The van der Waals surface area contributed by atoms with E-state index in [1.54, 1.807) is 36.3 Å². The summed E-state index contributed by atoms with van der Waals surface area (Å²) in [5.41, 5.74) is 2.50. The average molecular weight is 465 g/mol. The first-order chi connectivity index (χ1) is 16.5. The minimum atomic E-state index is -0.288. The van der Waals surface area contributed by atoms with Gasteiger partial charge in [0.05, 0.1) is 13.7 Å². The van der Waals surface area contributed by atoms with Crippen molar-refractivity contribution in [2.75, 3.05) is 51.3 Å². The summed E-state index contributed by atoms with van der Waals surface area (Å²) < 4.78 is 5.22. The number of carbonyl (C=O) groups is 3. The Kier molecular flexibility index (Phi) is 7.80. The molecule has 2 aromatic carbocycles. The van der Waals surface area contributed by atoms with E-state index in [0.717, 1.165) is 43.9 Å². The van der Waals surface area contributed by atoms with Crippen LogP contribution in [-0.2, 0) is 16.1 Å². The smallest absolute Gasteiger partial charge is 0.251 e. The van der Waals surface area contributed by atoms with Crippen LogP contribution in [0.5, 0.6) is 5.75 Å². The number of nitrogens with zero attached hydrogens (tertiary/aromatic N) is 3. The summed E-state index contributed by atoms with van der Waals surface area (Å²) in [6, 6.07) is 15.0. The molecule has 0 atom stereocenters. The number of amides is 3. The number of benzene rings is 2. The molecule has 2 aliphatic rings. The highest BCUT2D eigenvalue weighted by Gasteiger charge is 2.22. The van der Waals surface area contributed by atoms with Gasteiger partial charge in [-0.2, -0.15) is 0 Å². The Balaban J connectivity index is 1.23. The predicted octanol–water partition coefficient (Wildman–Crippen LogP) is 2.29. The van der Waals surface area contributed by atoms with E-state index < -0.39 is 0 Å². The molecule has 0 saturated carbocycles. The molecule has 180 valence electrons. The number of rotatable bonds is 7. The van der Waals surface area contributed by atoms with Gasteiger partial charge >= 0.3 is 0 Å². The molecule has 0 aliphatic carbocycles. The summed E-state index contributed by atoms with van der Waals surface area (Å²) in [4.78, 5) is 43.0. The summed E-state index contributed by atoms with van der Waals surface area (Å²) in [5.74, 6) is 0.599. The number of methoxy groups -OCH3 is 1. The highest BCUT2D eigenvalue weighted by Crippen LogP contribution is 2.21. The topological polar surface area (TPSA) is 82.2 Å². The zero-order valence-corrected chi connectivity index (χ0v) is 19.7. The highest BCUT2D eigenvalue weighted by atomic mass is 16.5. The Labute approximate surface area is 200 Å². The lowest BCUT2D eigenvalue weighted by Gasteiger charge is -2.22. The SMILES string of the molecule is COc1ccc(CN2CCCN(C(=O)CNC(=O)c3ccc(N4CCCC4=O)cc3)CC2)cc1. The standard InChI is InChI=1S/C26H32N4O4/c1-34-23-11-5-20(6-12-23)19-28-13-3-14-29(17-16-28)25(32)18-27-26(33)21-7-9-22(10-8-21)30-15-2-4-24(30)31/h5-12H,2-4,13-19H2,1H3,(H,27,33). The summed E-state index contributed by atoms with van der Waals surface area (Å²) in [5, 5.41) is 2.74. The maximum atomic E-state index is 12.7. The van der Waals surface area contributed by atoms with Crippen LogP contribution < -0.4 is 15.0 Å². The molecule has 3 amide bonds. The molecule has 2 aliphatic heterocycles. The lowest BCUT2D eigenvalue weighted by atomic mass is 10.2. The fourth-order valence-corrected chi connectivity index (χ4v) is 4.45. The van der Waals surface area contributed by atoms with E-state index in [-0.39, 0.29) is 24.3 Å². The quantitative estimate of drug-likeness (QED) is 0.680. The lowest BCUT2D eigenvalue weighted by Crippen LogP contribution is -2.42. The van der Waals surface area contributed by atoms with E-state index in [1.165, 1.54) is 5.56 Å². The summed E-state index contributed by atoms with van der Waals surface area (Å²) in [6.45, 7) is 4.57. The highest BCUT2D eigenvalue weighted by molar-refractivity contribution is 5.98.